The molecule has 104 valence electrons. The van der Waals surface area contributed by atoms with E-state index in [1.54, 1.807) is 25.3 Å². The van der Waals surface area contributed by atoms with Gasteiger partial charge in [0.2, 0.25) is 0 Å². The number of nitrogens with zero attached hydrogens (tertiary/aromatic N) is 1. The van der Waals surface area contributed by atoms with Crippen LogP contribution in [0.2, 0.25) is 5.02 Å². The van der Waals surface area contributed by atoms with Crippen LogP contribution in [0.1, 0.15) is 19.8 Å². The normalized spacial score (nSPS) is 19.1. The molecule has 1 saturated heterocycles. The van der Waals surface area contributed by atoms with Gasteiger partial charge in [0.25, 0.3) is 0 Å². The minimum atomic E-state index is -0.0906. The first-order valence-corrected chi connectivity index (χ1v) is 6.87. The second-order valence-corrected chi connectivity index (χ2v) is 5.40. The maximum atomic E-state index is 12.2. The molecule has 1 aromatic rings. The number of amides is 2. The van der Waals surface area contributed by atoms with Crippen LogP contribution in [-0.2, 0) is 0 Å². The predicted molar refractivity (Wildman–Crippen MR) is 77.0 cm³/mol. The first-order chi connectivity index (χ1) is 9.10. The Morgan fingerprint density at radius 1 is 1.53 bits per heavy atom. The fourth-order valence-corrected chi connectivity index (χ4v) is 2.52. The van der Waals surface area contributed by atoms with Crippen LogP contribution in [-0.4, -0.2) is 31.1 Å². The van der Waals surface area contributed by atoms with E-state index in [1.165, 1.54) is 6.42 Å². The number of halogens is 1. The first kappa shape index (κ1) is 14.0. The highest BCUT2D eigenvalue weighted by Gasteiger charge is 2.21. The Labute approximate surface area is 118 Å². The van der Waals surface area contributed by atoms with Gasteiger partial charge in [-0.05, 0) is 37.0 Å². The Hall–Kier alpha value is -1.42. The van der Waals surface area contributed by atoms with E-state index in [9.17, 15) is 4.79 Å². The van der Waals surface area contributed by atoms with E-state index in [4.69, 9.17) is 16.3 Å². The average molecular weight is 283 g/mol. The molecular formula is C14H19ClN2O2. The highest BCUT2D eigenvalue weighted by molar-refractivity contribution is 6.31. The monoisotopic (exact) mass is 282 g/mol. The van der Waals surface area contributed by atoms with Gasteiger partial charge in [0.1, 0.15) is 5.75 Å². The van der Waals surface area contributed by atoms with Crippen molar-refractivity contribution in [1.82, 2.24) is 4.90 Å². The van der Waals surface area contributed by atoms with E-state index < -0.39 is 0 Å². The second-order valence-electron chi connectivity index (χ2n) is 4.97. The number of rotatable bonds is 2. The van der Waals surface area contributed by atoms with Gasteiger partial charge < -0.3 is 15.0 Å². The van der Waals surface area contributed by atoms with Crippen molar-refractivity contribution in [3.8, 4) is 5.75 Å². The first-order valence-electron chi connectivity index (χ1n) is 6.49. The molecule has 0 aromatic heterocycles. The summed E-state index contributed by atoms with van der Waals surface area (Å²) in [7, 11) is 1.57. The number of carbonyl (C=O) groups excluding carboxylic acids is 1. The molecule has 19 heavy (non-hydrogen) atoms. The Morgan fingerprint density at radius 3 is 3.00 bits per heavy atom. The summed E-state index contributed by atoms with van der Waals surface area (Å²) in [6, 6.07) is 5.09. The number of hydrogen-bond donors (Lipinski definition) is 1. The van der Waals surface area contributed by atoms with Gasteiger partial charge in [-0.15, -0.1) is 0 Å². The molecule has 1 aliphatic heterocycles. The van der Waals surface area contributed by atoms with Crippen molar-refractivity contribution >= 4 is 23.3 Å². The molecule has 1 fully saturated rings. The van der Waals surface area contributed by atoms with Crippen molar-refractivity contribution < 1.29 is 9.53 Å². The zero-order chi connectivity index (χ0) is 13.8. The molecule has 2 rings (SSSR count). The molecule has 0 spiro atoms. The standard InChI is InChI=1S/C14H19ClN2O2/c1-10-4-3-7-17(9-10)14(18)16-12-8-11(15)5-6-13(12)19-2/h5-6,8,10H,3-4,7,9H2,1-2H3,(H,16,18). The molecule has 1 aliphatic rings. The minimum Gasteiger partial charge on any atom is -0.495 e. The summed E-state index contributed by atoms with van der Waals surface area (Å²) >= 11 is 5.95. The SMILES string of the molecule is COc1ccc(Cl)cc1NC(=O)N1CCCC(C)C1. The van der Waals surface area contributed by atoms with Crippen molar-refractivity contribution in [3.05, 3.63) is 23.2 Å². The van der Waals surface area contributed by atoms with Gasteiger partial charge in [0.05, 0.1) is 12.8 Å². The lowest BCUT2D eigenvalue weighted by Gasteiger charge is -2.31. The van der Waals surface area contributed by atoms with Crippen molar-refractivity contribution in [2.24, 2.45) is 5.92 Å². The smallest absolute Gasteiger partial charge is 0.321 e. The van der Waals surface area contributed by atoms with Gasteiger partial charge >= 0.3 is 6.03 Å². The van der Waals surface area contributed by atoms with Gasteiger partial charge in [-0.25, -0.2) is 4.79 Å². The third kappa shape index (κ3) is 3.53. The van der Waals surface area contributed by atoms with Gasteiger partial charge in [0.15, 0.2) is 0 Å². The summed E-state index contributed by atoms with van der Waals surface area (Å²) in [5.74, 6) is 1.17. The Kier molecular flexibility index (Phi) is 4.53. The fourth-order valence-electron chi connectivity index (χ4n) is 2.35. The zero-order valence-electron chi connectivity index (χ0n) is 11.3. The van der Waals surface area contributed by atoms with Crippen LogP contribution in [0.15, 0.2) is 18.2 Å². The number of ether oxygens (including phenoxy) is 1. The summed E-state index contributed by atoms with van der Waals surface area (Å²) in [6.45, 7) is 3.77. The van der Waals surface area contributed by atoms with E-state index >= 15 is 0 Å². The van der Waals surface area contributed by atoms with E-state index in [2.05, 4.69) is 12.2 Å². The van der Waals surface area contributed by atoms with Crippen LogP contribution in [0.25, 0.3) is 0 Å². The van der Waals surface area contributed by atoms with Crippen LogP contribution < -0.4 is 10.1 Å². The number of hydrogen-bond acceptors (Lipinski definition) is 2. The summed E-state index contributed by atoms with van der Waals surface area (Å²) in [4.78, 5) is 14.1. The topological polar surface area (TPSA) is 41.6 Å². The van der Waals surface area contributed by atoms with Crippen LogP contribution in [0, 0.1) is 5.92 Å². The maximum Gasteiger partial charge on any atom is 0.321 e. The third-order valence-corrected chi connectivity index (χ3v) is 3.58. The molecule has 2 amide bonds. The Balaban J connectivity index is 2.07. The van der Waals surface area contributed by atoms with Crippen molar-refractivity contribution in [3.63, 3.8) is 0 Å². The van der Waals surface area contributed by atoms with Gasteiger partial charge in [0, 0.05) is 18.1 Å². The molecule has 1 N–H and O–H groups in total. The van der Waals surface area contributed by atoms with E-state index in [0.29, 0.717) is 22.4 Å². The highest BCUT2D eigenvalue weighted by Crippen LogP contribution is 2.28. The van der Waals surface area contributed by atoms with Gasteiger partial charge in [-0.2, -0.15) is 0 Å². The lowest BCUT2D eigenvalue weighted by atomic mass is 10.0. The predicted octanol–water partition coefficient (Wildman–Crippen LogP) is 3.61. The molecule has 0 radical (unpaired) electrons. The second kappa shape index (κ2) is 6.15. The fraction of sp³-hybridized carbons (Fsp3) is 0.500. The number of likely N-dealkylation sites (tertiary alicyclic amines) is 1. The van der Waals surface area contributed by atoms with Crippen LogP contribution in [0.3, 0.4) is 0 Å². The molecule has 1 heterocycles. The molecular weight excluding hydrogens is 264 g/mol. The van der Waals surface area contributed by atoms with Crippen molar-refractivity contribution in [1.29, 1.82) is 0 Å². The number of urea groups is 1. The molecule has 0 aliphatic carbocycles. The van der Waals surface area contributed by atoms with E-state index in [0.717, 1.165) is 19.5 Å². The number of piperidine rings is 1. The summed E-state index contributed by atoms with van der Waals surface area (Å²) < 4.78 is 5.22. The largest absolute Gasteiger partial charge is 0.495 e. The summed E-state index contributed by atoms with van der Waals surface area (Å²) in [5, 5.41) is 3.44. The van der Waals surface area contributed by atoms with Crippen molar-refractivity contribution in [2.45, 2.75) is 19.8 Å². The number of carbonyl (C=O) groups is 1. The van der Waals surface area contributed by atoms with Crippen LogP contribution in [0.4, 0.5) is 10.5 Å². The van der Waals surface area contributed by atoms with Crippen molar-refractivity contribution in [2.75, 3.05) is 25.5 Å². The molecule has 0 saturated carbocycles. The number of nitrogens with one attached hydrogen (secondary N) is 1. The number of anilines is 1. The van der Waals surface area contributed by atoms with Gasteiger partial charge in [-0.1, -0.05) is 18.5 Å². The quantitative estimate of drug-likeness (QED) is 0.900. The third-order valence-electron chi connectivity index (χ3n) is 3.35. The van der Waals surface area contributed by atoms with Gasteiger partial charge in [-0.3, -0.25) is 0 Å². The number of benzene rings is 1. The lowest BCUT2D eigenvalue weighted by Crippen LogP contribution is -2.41. The molecule has 5 heteroatoms. The highest BCUT2D eigenvalue weighted by atomic mass is 35.5. The molecule has 0 bridgehead atoms. The molecule has 1 unspecified atom stereocenters. The minimum absolute atomic E-state index is 0.0906. The molecule has 1 atom stereocenters. The Morgan fingerprint density at radius 2 is 2.32 bits per heavy atom. The summed E-state index contributed by atoms with van der Waals surface area (Å²) in [6.07, 6.45) is 2.24. The van der Waals surface area contributed by atoms with E-state index in [1.807, 2.05) is 4.90 Å². The Bertz CT molecular complexity index is 465. The van der Waals surface area contributed by atoms with E-state index in [-0.39, 0.29) is 6.03 Å². The molecule has 4 nitrogen and oxygen atoms in total. The van der Waals surface area contributed by atoms with Crippen LogP contribution >= 0.6 is 11.6 Å². The maximum absolute atomic E-state index is 12.2. The zero-order valence-corrected chi connectivity index (χ0v) is 12.0. The summed E-state index contributed by atoms with van der Waals surface area (Å²) in [5.41, 5.74) is 0.609. The lowest BCUT2D eigenvalue weighted by molar-refractivity contribution is 0.182. The average Bonchev–Trinajstić information content (AvgIpc) is 2.39. The molecule has 1 aromatic carbocycles. The number of methoxy groups -OCH3 is 1. The van der Waals surface area contributed by atoms with Crippen LogP contribution in [0.5, 0.6) is 5.75 Å².